The molecule has 102 valence electrons. The summed E-state index contributed by atoms with van der Waals surface area (Å²) in [6.45, 7) is 10.3. The Balaban J connectivity index is 2.54. The van der Waals surface area contributed by atoms with E-state index in [1.165, 1.54) is 41.5 Å². The van der Waals surface area contributed by atoms with Crippen molar-refractivity contribution in [1.29, 1.82) is 0 Å². The van der Waals surface area contributed by atoms with E-state index in [4.69, 9.17) is 0 Å². The van der Waals surface area contributed by atoms with Gasteiger partial charge >= 0.3 is 0 Å². The van der Waals surface area contributed by atoms with Crippen LogP contribution in [0.4, 0.5) is 5.69 Å². The highest BCUT2D eigenvalue weighted by atomic mass is 16.2. The molecule has 0 bridgehead atoms. The molecule has 0 aliphatic heterocycles. The highest BCUT2D eigenvalue weighted by molar-refractivity contribution is 5.93. The quantitative estimate of drug-likeness (QED) is 0.756. The van der Waals surface area contributed by atoms with E-state index in [1.54, 1.807) is 13.0 Å². The highest BCUT2D eigenvalue weighted by Crippen LogP contribution is 2.33. The summed E-state index contributed by atoms with van der Waals surface area (Å²) in [5, 5.41) is 0. The van der Waals surface area contributed by atoms with Gasteiger partial charge in [-0.25, -0.2) is 0 Å². The van der Waals surface area contributed by atoms with Crippen molar-refractivity contribution in [2.45, 2.75) is 46.5 Å². The fourth-order valence-corrected chi connectivity index (χ4v) is 3.12. The van der Waals surface area contributed by atoms with Crippen LogP contribution in [0.5, 0.6) is 0 Å². The Morgan fingerprint density at radius 3 is 2.53 bits per heavy atom. The van der Waals surface area contributed by atoms with Gasteiger partial charge in [0.15, 0.2) is 0 Å². The summed E-state index contributed by atoms with van der Waals surface area (Å²) in [6.07, 6.45) is 6.67. The number of aryl methyl sites for hydroxylation is 1. The van der Waals surface area contributed by atoms with E-state index in [-0.39, 0.29) is 5.91 Å². The Labute approximate surface area is 116 Å². The zero-order valence-electron chi connectivity index (χ0n) is 12.3. The van der Waals surface area contributed by atoms with Crippen molar-refractivity contribution < 1.29 is 4.79 Å². The van der Waals surface area contributed by atoms with Gasteiger partial charge in [0.05, 0.1) is 0 Å². The van der Waals surface area contributed by atoms with Gasteiger partial charge in [-0.2, -0.15) is 0 Å². The molecule has 0 fully saturated rings. The minimum Gasteiger partial charge on any atom is -0.309 e. The molecular formula is C17H23NO. The van der Waals surface area contributed by atoms with E-state index in [0.29, 0.717) is 6.54 Å². The fourth-order valence-electron chi connectivity index (χ4n) is 3.12. The predicted molar refractivity (Wildman–Crippen MR) is 80.8 cm³/mol. The van der Waals surface area contributed by atoms with Gasteiger partial charge < -0.3 is 4.90 Å². The minimum atomic E-state index is 0.0816. The monoisotopic (exact) mass is 257 g/mol. The van der Waals surface area contributed by atoms with Gasteiger partial charge in [-0.1, -0.05) is 6.08 Å². The smallest absolute Gasteiger partial charge is 0.224 e. The van der Waals surface area contributed by atoms with Crippen LogP contribution in [0.15, 0.2) is 18.7 Å². The van der Waals surface area contributed by atoms with Crippen LogP contribution in [0.3, 0.4) is 0 Å². The van der Waals surface area contributed by atoms with Crippen LogP contribution in [-0.2, 0) is 17.6 Å². The summed E-state index contributed by atoms with van der Waals surface area (Å²) in [7, 11) is 0. The molecule has 2 rings (SSSR count). The molecule has 1 aliphatic carbocycles. The molecule has 0 atom stereocenters. The van der Waals surface area contributed by atoms with Crippen LogP contribution in [0.1, 0.15) is 42.0 Å². The fraction of sp³-hybridized carbons (Fsp3) is 0.471. The van der Waals surface area contributed by atoms with Crippen molar-refractivity contribution in [1.82, 2.24) is 0 Å². The lowest BCUT2D eigenvalue weighted by Gasteiger charge is -2.28. The number of carbonyl (C=O) groups is 1. The third-order valence-electron chi connectivity index (χ3n) is 4.12. The molecule has 1 aliphatic rings. The van der Waals surface area contributed by atoms with E-state index in [1.807, 2.05) is 4.90 Å². The Hall–Kier alpha value is -1.57. The van der Waals surface area contributed by atoms with Gasteiger partial charge in [0, 0.05) is 19.2 Å². The van der Waals surface area contributed by atoms with Crippen molar-refractivity contribution in [2.24, 2.45) is 0 Å². The molecule has 0 radical (unpaired) electrons. The van der Waals surface area contributed by atoms with E-state index in [9.17, 15) is 4.79 Å². The van der Waals surface area contributed by atoms with Crippen molar-refractivity contribution in [2.75, 3.05) is 11.4 Å². The predicted octanol–water partition coefficient (Wildman–Crippen LogP) is 3.72. The number of fused-ring (bicyclic) bond motifs is 1. The lowest BCUT2D eigenvalue weighted by Crippen LogP contribution is -2.30. The van der Waals surface area contributed by atoms with Crippen molar-refractivity contribution in [3.63, 3.8) is 0 Å². The molecular weight excluding hydrogens is 234 g/mol. The molecule has 1 aromatic carbocycles. The summed E-state index contributed by atoms with van der Waals surface area (Å²) in [6, 6.07) is 2.17. The molecule has 0 N–H and O–H groups in total. The van der Waals surface area contributed by atoms with E-state index in [0.717, 1.165) is 12.1 Å². The molecule has 1 aromatic rings. The molecule has 0 unspecified atom stereocenters. The topological polar surface area (TPSA) is 20.3 Å². The number of rotatable bonds is 3. The number of benzene rings is 1. The maximum absolute atomic E-state index is 11.8. The maximum atomic E-state index is 11.8. The molecule has 2 nitrogen and oxygen atoms in total. The molecule has 1 amide bonds. The Bertz CT molecular complexity index is 516. The van der Waals surface area contributed by atoms with Crippen LogP contribution in [0, 0.1) is 13.8 Å². The lowest BCUT2D eigenvalue weighted by molar-refractivity contribution is -0.116. The molecule has 0 saturated heterocycles. The van der Waals surface area contributed by atoms with Crippen LogP contribution >= 0.6 is 0 Å². The van der Waals surface area contributed by atoms with Gasteiger partial charge in [0.25, 0.3) is 0 Å². The maximum Gasteiger partial charge on any atom is 0.224 e. The van der Waals surface area contributed by atoms with Crippen LogP contribution in [0.2, 0.25) is 0 Å². The van der Waals surface area contributed by atoms with E-state index >= 15 is 0 Å². The van der Waals surface area contributed by atoms with Gasteiger partial charge in [-0.3, -0.25) is 4.79 Å². The largest absolute Gasteiger partial charge is 0.309 e. The lowest BCUT2D eigenvalue weighted by atomic mass is 9.85. The third-order valence-corrected chi connectivity index (χ3v) is 4.12. The Morgan fingerprint density at radius 2 is 1.95 bits per heavy atom. The normalized spacial score (nSPS) is 13.8. The zero-order valence-corrected chi connectivity index (χ0v) is 12.3. The van der Waals surface area contributed by atoms with Crippen molar-refractivity contribution in [3.8, 4) is 0 Å². The average Bonchev–Trinajstić information content (AvgIpc) is 2.40. The van der Waals surface area contributed by atoms with Crippen LogP contribution < -0.4 is 4.90 Å². The second-order valence-corrected chi connectivity index (χ2v) is 5.42. The first-order valence-electron chi connectivity index (χ1n) is 7.07. The number of anilines is 1. The summed E-state index contributed by atoms with van der Waals surface area (Å²) in [5.74, 6) is 0.0816. The minimum absolute atomic E-state index is 0.0816. The van der Waals surface area contributed by atoms with Crippen molar-refractivity contribution >= 4 is 11.6 Å². The first-order valence-corrected chi connectivity index (χ1v) is 7.07. The SMILES string of the molecule is C=CCN(C(C)=O)c1cc(C)c2c(c1C)CCCC2. The number of hydrogen-bond donors (Lipinski definition) is 0. The molecule has 0 heterocycles. The number of carbonyl (C=O) groups excluding carboxylic acids is 1. The van der Waals surface area contributed by atoms with Crippen LogP contribution in [-0.4, -0.2) is 12.5 Å². The number of nitrogens with zero attached hydrogens (tertiary/aromatic N) is 1. The molecule has 0 aromatic heterocycles. The second-order valence-electron chi connectivity index (χ2n) is 5.42. The summed E-state index contributed by atoms with van der Waals surface area (Å²) >= 11 is 0. The first-order chi connectivity index (χ1) is 9.06. The highest BCUT2D eigenvalue weighted by Gasteiger charge is 2.20. The summed E-state index contributed by atoms with van der Waals surface area (Å²) in [5.41, 5.74) is 6.64. The summed E-state index contributed by atoms with van der Waals surface area (Å²) < 4.78 is 0. The van der Waals surface area contributed by atoms with Gasteiger partial charge in [0.1, 0.15) is 0 Å². The zero-order chi connectivity index (χ0) is 14.0. The van der Waals surface area contributed by atoms with Gasteiger partial charge in [-0.05, 0) is 67.9 Å². The number of hydrogen-bond acceptors (Lipinski definition) is 1. The average molecular weight is 257 g/mol. The van der Waals surface area contributed by atoms with E-state index in [2.05, 4.69) is 26.5 Å². The molecule has 19 heavy (non-hydrogen) atoms. The van der Waals surface area contributed by atoms with Crippen LogP contribution in [0.25, 0.3) is 0 Å². The van der Waals surface area contributed by atoms with E-state index < -0.39 is 0 Å². The van der Waals surface area contributed by atoms with Crippen molar-refractivity contribution in [3.05, 3.63) is 41.0 Å². The number of amides is 1. The Morgan fingerprint density at radius 1 is 1.32 bits per heavy atom. The molecule has 0 saturated carbocycles. The van der Waals surface area contributed by atoms with Gasteiger partial charge in [-0.15, -0.1) is 6.58 Å². The van der Waals surface area contributed by atoms with Gasteiger partial charge in [0.2, 0.25) is 5.91 Å². The molecule has 2 heteroatoms. The Kier molecular flexibility index (Phi) is 4.08. The first kappa shape index (κ1) is 13.9. The summed E-state index contributed by atoms with van der Waals surface area (Å²) in [4.78, 5) is 13.7. The second kappa shape index (κ2) is 5.60. The third kappa shape index (κ3) is 2.58. The standard InChI is InChI=1S/C17H23NO/c1-5-10-18(14(4)19)17-11-12(2)15-8-6-7-9-16(15)13(17)3/h5,11H,1,6-10H2,2-4H3. The molecule has 0 spiro atoms.